The summed E-state index contributed by atoms with van der Waals surface area (Å²) in [4.78, 5) is 21.1. The third-order valence-electron chi connectivity index (χ3n) is 1.06. The van der Waals surface area contributed by atoms with Gasteiger partial charge >= 0.3 is 0 Å². The molecule has 0 amide bonds. The van der Waals surface area contributed by atoms with Crippen LogP contribution in [0.5, 0.6) is 0 Å². The Labute approximate surface area is 59.0 Å². The van der Waals surface area contributed by atoms with Crippen LogP contribution in [0.3, 0.4) is 0 Å². The zero-order chi connectivity index (χ0) is 7.98. The molecule has 0 aliphatic rings. The molecule has 0 aliphatic carbocycles. The first-order chi connectivity index (χ1) is 4.72. The second-order valence-corrected chi connectivity index (χ2v) is 1.88. The number of carbonyl (C=O) groups excluding carboxylic acids is 2. The highest BCUT2D eigenvalue weighted by Gasteiger charge is 2.09. The second kappa shape index (κ2) is 5.08. The van der Waals surface area contributed by atoms with Gasteiger partial charge in [-0.05, 0) is 6.42 Å². The van der Waals surface area contributed by atoms with Crippen molar-refractivity contribution in [2.24, 2.45) is 5.73 Å². The Hall–Kier alpha value is -0.740. The number of carbonyl (C=O) groups is 2. The van der Waals surface area contributed by atoms with E-state index in [4.69, 9.17) is 10.8 Å². The third-order valence-corrected chi connectivity index (χ3v) is 1.06. The van der Waals surface area contributed by atoms with E-state index in [0.29, 0.717) is 6.42 Å². The largest absolute Gasteiger partial charge is 0.396 e. The van der Waals surface area contributed by atoms with E-state index in [1.54, 1.807) is 0 Å². The number of aliphatic hydroxyl groups is 1. The molecule has 0 saturated heterocycles. The first-order valence-corrected chi connectivity index (χ1v) is 3.09. The topological polar surface area (TPSA) is 80.4 Å². The highest BCUT2D eigenvalue weighted by molar-refractivity contribution is 6.37. The second-order valence-electron chi connectivity index (χ2n) is 1.88. The average Bonchev–Trinajstić information content (AvgIpc) is 1.98. The Morgan fingerprint density at radius 3 is 2.30 bits per heavy atom. The number of hydrogen-bond donors (Lipinski definition) is 2. The van der Waals surface area contributed by atoms with Gasteiger partial charge in [-0.1, -0.05) is 0 Å². The molecule has 0 bridgehead atoms. The molecule has 0 heterocycles. The zero-order valence-electron chi connectivity index (χ0n) is 5.67. The first kappa shape index (κ1) is 9.26. The van der Waals surface area contributed by atoms with Gasteiger partial charge in [-0.25, -0.2) is 0 Å². The lowest BCUT2D eigenvalue weighted by molar-refractivity contribution is -0.135. The summed E-state index contributed by atoms with van der Waals surface area (Å²) in [5.41, 5.74) is 4.91. The van der Waals surface area contributed by atoms with E-state index in [9.17, 15) is 9.59 Å². The van der Waals surface area contributed by atoms with Gasteiger partial charge in [-0.2, -0.15) is 0 Å². The molecule has 3 N–H and O–H groups in total. The van der Waals surface area contributed by atoms with Crippen LogP contribution < -0.4 is 5.73 Å². The molecular formula is C6H11NO3. The molecular weight excluding hydrogens is 134 g/mol. The van der Waals surface area contributed by atoms with Crippen molar-refractivity contribution in [3.63, 3.8) is 0 Å². The van der Waals surface area contributed by atoms with Crippen molar-refractivity contribution in [1.29, 1.82) is 0 Å². The predicted molar refractivity (Wildman–Crippen MR) is 35.4 cm³/mol. The smallest absolute Gasteiger partial charge is 0.211 e. The Morgan fingerprint density at radius 2 is 1.90 bits per heavy atom. The third kappa shape index (κ3) is 3.32. The van der Waals surface area contributed by atoms with Gasteiger partial charge in [-0.15, -0.1) is 0 Å². The summed E-state index contributed by atoms with van der Waals surface area (Å²) in [5, 5.41) is 8.27. The van der Waals surface area contributed by atoms with E-state index in [-0.39, 0.29) is 19.6 Å². The quantitative estimate of drug-likeness (QED) is 0.479. The molecule has 0 unspecified atom stereocenters. The zero-order valence-corrected chi connectivity index (χ0v) is 5.67. The number of aliphatic hydroxyl groups excluding tert-OH is 1. The average molecular weight is 145 g/mol. The maximum Gasteiger partial charge on any atom is 0.211 e. The minimum atomic E-state index is -0.562. The summed E-state index contributed by atoms with van der Waals surface area (Å²) < 4.78 is 0. The number of hydrogen-bond acceptors (Lipinski definition) is 4. The van der Waals surface area contributed by atoms with Crippen molar-refractivity contribution in [2.75, 3.05) is 13.2 Å². The number of rotatable bonds is 5. The summed E-state index contributed by atoms with van der Waals surface area (Å²) in [6.45, 7) is -0.298. The lowest BCUT2D eigenvalue weighted by Crippen LogP contribution is -2.23. The van der Waals surface area contributed by atoms with Crippen LogP contribution in [-0.4, -0.2) is 29.8 Å². The molecule has 0 radical (unpaired) electrons. The molecule has 0 spiro atoms. The monoisotopic (exact) mass is 145 g/mol. The summed E-state index contributed by atoms with van der Waals surface area (Å²) >= 11 is 0. The van der Waals surface area contributed by atoms with Crippen molar-refractivity contribution >= 4 is 11.6 Å². The maximum absolute atomic E-state index is 10.6. The first-order valence-electron chi connectivity index (χ1n) is 3.09. The van der Waals surface area contributed by atoms with Gasteiger partial charge in [0, 0.05) is 13.0 Å². The van der Waals surface area contributed by atoms with Crippen LogP contribution in [0.1, 0.15) is 12.8 Å². The normalized spacial score (nSPS) is 9.40. The summed E-state index contributed by atoms with van der Waals surface area (Å²) in [5.74, 6) is -1.05. The van der Waals surface area contributed by atoms with Gasteiger partial charge in [-0.3, -0.25) is 9.59 Å². The van der Waals surface area contributed by atoms with Gasteiger partial charge in [0.15, 0.2) is 5.78 Å². The summed E-state index contributed by atoms with van der Waals surface area (Å²) in [6.07, 6.45) is 0.442. The fraction of sp³-hybridized carbons (Fsp3) is 0.667. The van der Waals surface area contributed by atoms with Crippen LogP contribution in [0.15, 0.2) is 0 Å². The van der Waals surface area contributed by atoms with E-state index >= 15 is 0 Å². The van der Waals surface area contributed by atoms with Crippen LogP contribution in [0.4, 0.5) is 0 Å². The number of ketones is 2. The Morgan fingerprint density at radius 1 is 1.30 bits per heavy atom. The summed E-state index contributed by atoms with van der Waals surface area (Å²) in [6, 6.07) is 0. The Kier molecular flexibility index (Phi) is 4.70. The van der Waals surface area contributed by atoms with Gasteiger partial charge in [0.05, 0.1) is 6.54 Å². The number of nitrogens with two attached hydrogens (primary N) is 1. The highest BCUT2D eigenvalue weighted by Crippen LogP contribution is 1.89. The van der Waals surface area contributed by atoms with E-state index in [2.05, 4.69) is 0 Å². The van der Waals surface area contributed by atoms with E-state index in [0.717, 1.165) is 0 Å². The minimum absolute atomic E-state index is 0.0659. The molecule has 0 atom stereocenters. The SMILES string of the molecule is NCC(=O)C(=O)CCCO. The minimum Gasteiger partial charge on any atom is -0.396 e. The van der Waals surface area contributed by atoms with Crippen LogP contribution in [0.25, 0.3) is 0 Å². The van der Waals surface area contributed by atoms with Gasteiger partial charge in [0.2, 0.25) is 5.78 Å². The fourth-order valence-corrected chi connectivity index (χ4v) is 0.493. The fourth-order valence-electron chi connectivity index (χ4n) is 0.493. The Balaban J connectivity index is 3.52. The molecule has 0 aromatic heterocycles. The van der Waals surface area contributed by atoms with Crippen LogP contribution in [0, 0.1) is 0 Å². The standard InChI is InChI=1S/C6H11NO3/c7-4-6(10)5(9)2-1-3-8/h8H,1-4,7H2. The highest BCUT2D eigenvalue weighted by atomic mass is 16.3. The van der Waals surface area contributed by atoms with E-state index < -0.39 is 11.6 Å². The van der Waals surface area contributed by atoms with Crippen molar-refractivity contribution in [1.82, 2.24) is 0 Å². The molecule has 4 nitrogen and oxygen atoms in total. The lowest BCUT2D eigenvalue weighted by atomic mass is 10.1. The number of Topliss-reactive ketones (excluding diaryl/α,β-unsaturated/α-hetero) is 2. The van der Waals surface area contributed by atoms with E-state index in [1.165, 1.54) is 0 Å². The van der Waals surface area contributed by atoms with Crippen LogP contribution in [-0.2, 0) is 9.59 Å². The van der Waals surface area contributed by atoms with Gasteiger partial charge in [0.1, 0.15) is 0 Å². The van der Waals surface area contributed by atoms with Gasteiger partial charge in [0.25, 0.3) is 0 Å². The maximum atomic E-state index is 10.6. The van der Waals surface area contributed by atoms with Gasteiger partial charge < -0.3 is 10.8 Å². The van der Waals surface area contributed by atoms with Crippen molar-refractivity contribution in [3.05, 3.63) is 0 Å². The predicted octanol–water partition coefficient (Wildman–Crippen LogP) is -1.14. The molecule has 10 heavy (non-hydrogen) atoms. The summed E-state index contributed by atoms with van der Waals surface area (Å²) in [7, 11) is 0. The molecule has 58 valence electrons. The van der Waals surface area contributed by atoms with Crippen molar-refractivity contribution in [2.45, 2.75) is 12.8 Å². The van der Waals surface area contributed by atoms with Crippen LogP contribution >= 0.6 is 0 Å². The Bertz CT molecular complexity index is 133. The molecule has 0 rings (SSSR count). The molecule has 0 aliphatic heterocycles. The van der Waals surface area contributed by atoms with Crippen molar-refractivity contribution < 1.29 is 14.7 Å². The van der Waals surface area contributed by atoms with E-state index in [1.807, 2.05) is 0 Å². The molecule has 0 fully saturated rings. The molecule has 0 aromatic carbocycles. The lowest BCUT2D eigenvalue weighted by Gasteiger charge is -1.93. The van der Waals surface area contributed by atoms with Crippen LogP contribution in [0.2, 0.25) is 0 Å². The molecule has 0 saturated carbocycles. The molecule has 0 aromatic rings. The van der Waals surface area contributed by atoms with Crippen molar-refractivity contribution in [3.8, 4) is 0 Å². The molecule has 4 heteroatoms.